The maximum atomic E-state index is 13.5. The molecule has 2 aromatic rings. The second-order valence-corrected chi connectivity index (χ2v) is 5.34. The largest absolute Gasteiger partial charge is 0.308 e. The first-order valence-corrected chi connectivity index (χ1v) is 6.55. The Labute approximate surface area is 107 Å². The lowest BCUT2D eigenvalue weighted by Gasteiger charge is -1.98. The summed E-state index contributed by atoms with van der Waals surface area (Å²) in [5.74, 6) is -0.950. The average molecular weight is 267 g/mol. The Kier molecular flexibility index (Phi) is 3.05. The van der Waals surface area contributed by atoms with Crippen molar-refractivity contribution in [3.63, 3.8) is 0 Å². The number of nitrogens with zero attached hydrogens (tertiary/aromatic N) is 2. The molecule has 0 saturated heterocycles. The Morgan fingerprint density at radius 3 is 2.89 bits per heavy atom. The van der Waals surface area contributed by atoms with E-state index in [9.17, 15) is 8.78 Å². The lowest BCUT2D eigenvalue weighted by atomic mass is 10.2. The van der Waals surface area contributed by atoms with Gasteiger partial charge in [-0.15, -0.1) is 10.2 Å². The van der Waals surface area contributed by atoms with Crippen molar-refractivity contribution in [3.8, 4) is 10.6 Å². The van der Waals surface area contributed by atoms with E-state index in [1.165, 1.54) is 24.2 Å². The van der Waals surface area contributed by atoms with Crippen LogP contribution in [0.5, 0.6) is 0 Å². The van der Waals surface area contributed by atoms with Gasteiger partial charge in [0, 0.05) is 12.6 Å². The predicted octanol–water partition coefficient (Wildman–Crippen LogP) is 2.74. The summed E-state index contributed by atoms with van der Waals surface area (Å²) in [7, 11) is 0. The monoisotopic (exact) mass is 267 g/mol. The van der Waals surface area contributed by atoms with Crippen LogP contribution in [0.2, 0.25) is 0 Å². The first-order chi connectivity index (χ1) is 8.72. The lowest BCUT2D eigenvalue weighted by Crippen LogP contribution is -2.14. The molecule has 0 radical (unpaired) electrons. The third-order valence-electron chi connectivity index (χ3n) is 2.74. The third-order valence-corrected chi connectivity index (χ3v) is 3.70. The molecule has 1 aromatic heterocycles. The molecule has 1 aliphatic carbocycles. The van der Waals surface area contributed by atoms with Crippen molar-refractivity contribution >= 4 is 11.3 Å². The SMILES string of the molecule is Fc1ccc(F)c(-c2nnc(CNC3CC3)s2)c1. The number of nitrogens with one attached hydrogen (secondary N) is 1. The minimum Gasteiger partial charge on any atom is -0.308 e. The highest BCUT2D eigenvalue weighted by molar-refractivity contribution is 7.14. The molecule has 6 heteroatoms. The Bertz CT molecular complexity index is 566. The van der Waals surface area contributed by atoms with Crippen LogP contribution in [-0.4, -0.2) is 16.2 Å². The highest BCUT2D eigenvalue weighted by Gasteiger charge is 2.21. The van der Waals surface area contributed by atoms with Gasteiger partial charge in [-0.25, -0.2) is 8.78 Å². The molecule has 0 spiro atoms. The Morgan fingerprint density at radius 1 is 1.28 bits per heavy atom. The van der Waals surface area contributed by atoms with Crippen molar-refractivity contribution in [2.24, 2.45) is 0 Å². The Hall–Kier alpha value is -1.40. The van der Waals surface area contributed by atoms with Gasteiger partial charge in [-0.05, 0) is 31.0 Å². The van der Waals surface area contributed by atoms with Crippen molar-refractivity contribution < 1.29 is 8.78 Å². The zero-order valence-electron chi connectivity index (χ0n) is 9.49. The van der Waals surface area contributed by atoms with Crippen LogP contribution in [0.4, 0.5) is 8.78 Å². The number of halogens is 2. The highest BCUT2D eigenvalue weighted by atomic mass is 32.1. The predicted molar refractivity (Wildman–Crippen MR) is 65.1 cm³/mol. The second kappa shape index (κ2) is 4.70. The maximum absolute atomic E-state index is 13.5. The number of hydrogen-bond acceptors (Lipinski definition) is 4. The van der Waals surface area contributed by atoms with Gasteiger partial charge >= 0.3 is 0 Å². The fraction of sp³-hybridized carbons (Fsp3) is 0.333. The van der Waals surface area contributed by atoms with E-state index in [4.69, 9.17) is 0 Å². The summed E-state index contributed by atoms with van der Waals surface area (Å²) in [5.41, 5.74) is 0.171. The minimum atomic E-state index is -0.478. The number of aromatic nitrogens is 2. The smallest absolute Gasteiger partial charge is 0.150 e. The summed E-state index contributed by atoms with van der Waals surface area (Å²) < 4.78 is 26.6. The summed E-state index contributed by atoms with van der Waals surface area (Å²) in [4.78, 5) is 0. The minimum absolute atomic E-state index is 0.171. The van der Waals surface area contributed by atoms with Crippen molar-refractivity contribution in [2.75, 3.05) is 0 Å². The van der Waals surface area contributed by atoms with Crippen LogP contribution in [0.25, 0.3) is 10.6 Å². The summed E-state index contributed by atoms with van der Waals surface area (Å²) in [5, 5.41) is 12.4. The van der Waals surface area contributed by atoms with Gasteiger partial charge in [-0.3, -0.25) is 0 Å². The van der Waals surface area contributed by atoms with E-state index in [2.05, 4.69) is 15.5 Å². The lowest BCUT2D eigenvalue weighted by molar-refractivity contribution is 0.603. The highest BCUT2D eigenvalue weighted by Crippen LogP contribution is 2.27. The van der Waals surface area contributed by atoms with E-state index < -0.39 is 11.6 Å². The molecule has 1 saturated carbocycles. The van der Waals surface area contributed by atoms with Crippen LogP contribution in [0.3, 0.4) is 0 Å². The molecule has 1 fully saturated rings. The molecule has 3 nitrogen and oxygen atoms in total. The van der Waals surface area contributed by atoms with Gasteiger partial charge in [0.05, 0.1) is 5.56 Å². The van der Waals surface area contributed by atoms with Crippen LogP contribution in [0, 0.1) is 11.6 Å². The van der Waals surface area contributed by atoms with E-state index in [-0.39, 0.29) is 5.56 Å². The third kappa shape index (κ3) is 2.54. The van der Waals surface area contributed by atoms with E-state index in [1.54, 1.807) is 0 Å². The molecule has 94 valence electrons. The van der Waals surface area contributed by atoms with Crippen LogP contribution in [0.1, 0.15) is 17.8 Å². The molecular formula is C12H11F2N3S. The van der Waals surface area contributed by atoms with Gasteiger partial charge in [0.1, 0.15) is 16.6 Å². The molecule has 18 heavy (non-hydrogen) atoms. The molecule has 0 atom stereocenters. The number of rotatable bonds is 4. The van der Waals surface area contributed by atoms with Gasteiger partial charge in [-0.2, -0.15) is 0 Å². The fourth-order valence-electron chi connectivity index (χ4n) is 1.61. The fourth-order valence-corrected chi connectivity index (χ4v) is 2.42. The van der Waals surface area contributed by atoms with Crippen molar-refractivity contribution in [2.45, 2.75) is 25.4 Å². The van der Waals surface area contributed by atoms with Crippen LogP contribution in [-0.2, 0) is 6.54 Å². The zero-order chi connectivity index (χ0) is 12.5. The Morgan fingerprint density at radius 2 is 2.11 bits per heavy atom. The van der Waals surface area contributed by atoms with E-state index >= 15 is 0 Å². The first kappa shape index (κ1) is 11.7. The standard InChI is InChI=1S/C12H11F2N3S/c13-7-1-4-10(14)9(5-7)12-17-16-11(18-12)6-15-8-2-3-8/h1,4-5,8,15H,2-3,6H2. The average Bonchev–Trinajstić information content (AvgIpc) is 3.08. The molecule has 0 unspecified atom stereocenters. The van der Waals surface area contributed by atoms with Gasteiger partial charge in [-0.1, -0.05) is 11.3 Å². The molecule has 0 bridgehead atoms. The summed E-state index contributed by atoms with van der Waals surface area (Å²) >= 11 is 1.29. The van der Waals surface area contributed by atoms with E-state index in [0.717, 1.165) is 23.2 Å². The summed E-state index contributed by atoms with van der Waals surface area (Å²) in [6, 6.07) is 3.93. The molecule has 1 N–H and O–H groups in total. The van der Waals surface area contributed by atoms with Gasteiger partial charge in [0.2, 0.25) is 0 Å². The second-order valence-electron chi connectivity index (χ2n) is 4.28. The summed E-state index contributed by atoms with van der Waals surface area (Å²) in [6.45, 7) is 0.638. The molecule has 1 heterocycles. The van der Waals surface area contributed by atoms with Crippen LogP contribution in [0.15, 0.2) is 18.2 Å². The Balaban J connectivity index is 1.80. The molecule has 1 aliphatic rings. The van der Waals surface area contributed by atoms with Gasteiger partial charge in [0.25, 0.3) is 0 Å². The quantitative estimate of drug-likeness (QED) is 0.925. The van der Waals surface area contributed by atoms with Crippen LogP contribution < -0.4 is 5.32 Å². The maximum Gasteiger partial charge on any atom is 0.150 e. The normalized spacial score (nSPS) is 15.0. The topological polar surface area (TPSA) is 37.8 Å². The van der Waals surface area contributed by atoms with E-state index in [0.29, 0.717) is 17.6 Å². The van der Waals surface area contributed by atoms with Crippen molar-refractivity contribution in [1.29, 1.82) is 0 Å². The summed E-state index contributed by atoms with van der Waals surface area (Å²) in [6.07, 6.45) is 2.40. The van der Waals surface area contributed by atoms with Crippen LogP contribution >= 0.6 is 11.3 Å². The van der Waals surface area contributed by atoms with Gasteiger partial charge in [0.15, 0.2) is 5.01 Å². The molecule has 0 aliphatic heterocycles. The van der Waals surface area contributed by atoms with E-state index in [1.807, 2.05) is 0 Å². The molecule has 3 rings (SSSR count). The molecular weight excluding hydrogens is 256 g/mol. The van der Waals surface area contributed by atoms with Crippen molar-refractivity contribution in [1.82, 2.24) is 15.5 Å². The first-order valence-electron chi connectivity index (χ1n) is 5.73. The molecule has 0 amide bonds. The molecule has 1 aromatic carbocycles. The zero-order valence-corrected chi connectivity index (χ0v) is 10.3. The number of hydrogen-bond donors (Lipinski definition) is 1. The number of benzene rings is 1. The van der Waals surface area contributed by atoms with Gasteiger partial charge < -0.3 is 5.32 Å². The van der Waals surface area contributed by atoms with Crippen molar-refractivity contribution in [3.05, 3.63) is 34.8 Å².